The van der Waals surface area contributed by atoms with Gasteiger partial charge < -0.3 is 10.2 Å². The maximum Gasteiger partial charge on any atom is 0.244 e. The molecule has 1 atom stereocenters. The van der Waals surface area contributed by atoms with Crippen LogP contribution in [0.15, 0.2) is 42.5 Å². The molecule has 2 aromatic rings. The summed E-state index contributed by atoms with van der Waals surface area (Å²) >= 11 is 12.5. The van der Waals surface area contributed by atoms with Gasteiger partial charge in [0, 0.05) is 28.2 Å². The van der Waals surface area contributed by atoms with Gasteiger partial charge in [-0.25, -0.2) is 8.42 Å². The lowest BCUT2D eigenvalue weighted by Crippen LogP contribution is -2.54. The number of nitrogens with one attached hydrogen (secondary N) is 1. The molecule has 3 rings (SSSR count). The first-order valence-electron chi connectivity index (χ1n) is 13.0. The van der Waals surface area contributed by atoms with Crippen LogP contribution in [0.4, 0.5) is 5.69 Å². The predicted molar refractivity (Wildman–Crippen MR) is 155 cm³/mol. The Balaban J connectivity index is 1.96. The monoisotopic (exact) mass is 595 g/mol. The Hall–Kier alpha value is -2.62. The minimum atomic E-state index is -3.92. The Morgan fingerprint density at radius 2 is 1.74 bits per heavy atom. The van der Waals surface area contributed by atoms with Crippen molar-refractivity contribution in [3.63, 3.8) is 0 Å². The maximum atomic E-state index is 13.9. The number of benzene rings is 2. The van der Waals surface area contributed by atoms with E-state index in [4.69, 9.17) is 23.2 Å². The zero-order valence-corrected chi connectivity index (χ0v) is 24.8. The Labute approximate surface area is 240 Å². The molecule has 39 heavy (non-hydrogen) atoms. The predicted octanol–water partition coefficient (Wildman–Crippen LogP) is 5.22. The van der Waals surface area contributed by atoms with Crippen molar-refractivity contribution in [3.05, 3.63) is 63.6 Å². The van der Waals surface area contributed by atoms with Crippen molar-refractivity contribution >= 4 is 56.5 Å². The first-order valence-corrected chi connectivity index (χ1v) is 15.6. The molecule has 1 N–H and O–H groups in total. The molecule has 2 amide bonds. The Morgan fingerprint density at radius 1 is 1.05 bits per heavy atom. The van der Waals surface area contributed by atoms with Gasteiger partial charge in [0.1, 0.15) is 12.6 Å². The third-order valence-corrected chi connectivity index (χ3v) is 8.64. The lowest BCUT2D eigenvalue weighted by Gasteiger charge is -2.34. The number of halogens is 2. The van der Waals surface area contributed by atoms with Gasteiger partial charge in [-0.15, -0.1) is 0 Å². The van der Waals surface area contributed by atoms with E-state index in [0.717, 1.165) is 42.7 Å². The van der Waals surface area contributed by atoms with E-state index in [9.17, 15) is 22.8 Å². The van der Waals surface area contributed by atoms with Crippen molar-refractivity contribution in [2.24, 2.45) is 0 Å². The topological polar surface area (TPSA) is 104 Å². The quantitative estimate of drug-likeness (QED) is 0.359. The Kier molecular flexibility index (Phi) is 10.8. The van der Waals surface area contributed by atoms with Crippen LogP contribution >= 0.6 is 23.2 Å². The number of ketones is 1. The average molecular weight is 597 g/mol. The molecule has 0 aromatic heterocycles. The second-order valence-electron chi connectivity index (χ2n) is 9.90. The third kappa shape index (κ3) is 8.43. The van der Waals surface area contributed by atoms with Gasteiger partial charge in [0.05, 0.1) is 11.9 Å². The summed E-state index contributed by atoms with van der Waals surface area (Å²) in [6.45, 7) is 2.61. The normalized spacial score (nSPS) is 14.9. The van der Waals surface area contributed by atoms with E-state index in [1.807, 2.05) is 0 Å². The zero-order chi connectivity index (χ0) is 28.7. The molecular weight excluding hydrogens is 561 g/mol. The summed E-state index contributed by atoms with van der Waals surface area (Å²) in [5.41, 5.74) is 1.07. The summed E-state index contributed by atoms with van der Waals surface area (Å²) in [6, 6.07) is 10.2. The van der Waals surface area contributed by atoms with Gasteiger partial charge in [-0.1, -0.05) is 67.6 Å². The molecule has 0 unspecified atom stereocenters. The smallest absolute Gasteiger partial charge is 0.244 e. The number of Topliss-reactive ketones (excluding diaryl/α,β-unsaturated/α-hetero) is 1. The molecule has 0 saturated heterocycles. The van der Waals surface area contributed by atoms with Crippen LogP contribution in [0.1, 0.15) is 68.3 Å². The minimum Gasteiger partial charge on any atom is -0.352 e. The molecule has 0 bridgehead atoms. The molecule has 1 fully saturated rings. The molecule has 0 radical (unpaired) electrons. The molecule has 11 heteroatoms. The number of sulfonamides is 1. The fourth-order valence-corrected chi connectivity index (χ4v) is 6.10. The Bertz CT molecular complexity index is 1310. The maximum absolute atomic E-state index is 13.9. The average Bonchev–Trinajstić information content (AvgIpc) is 2.88. The fourth-order valence-electron chi connectivity index (χ4n) is 4.79. The van der Waals surface area contributed by atoms with Crippen molar-refractivity contribution in [1.29, 1.82) is 0 Å². The van der Waals surface area contributed by atoms with Crippen LogP contribution in [0.3, 0.4) is 0 Å². The number of carbonyl (C=O) groups is 3. The molecular formula is C28H35Cl2N3O5S. The molecule has 1 saturated carbocycles. The van der Waals surface area contributed by atoms with E-state index >= 15 is 0 Å². The molecule has 1 aliphatic carbocycles. The summed E-state index contributed by atoms with van der Waals surface area (Å²) < 4.78 is 26.6. The molecule has 1 aliphatic rings. The number of amides is 2. The lowest BCUT2D eigenvalue weighted by molar-refractivity contribution is -0.140. The minimum absolute atomic E-state index is 0.0173. The first-order chi connectivity index (χ1) is 18.4. The van der Waals surface area contributed by atoms with E-state index in [1.165, 1.54) is 24.0 Å². The van der Waals surface area contributed by atoms with E-state index in [-0.39, 0.29) is 30.0 Å². The lowest BCUT2D eigenvalue weighted by atomic mass is 9.95. The highest BCUT2D eigenvalue weighted by molar-refractivity contribution is 7.92. The summed E-state index contributed by atoms with van der Waals surface area (Å²) in [5.74, 6) is -1.10. The van der Waals surface area contributed by atoms with Crippen molar-refractivity contribution < 1.29 is 22.8 Å². The van der Waals surface area contributed by atoms with Crippen molar-refractivity contribution in [3.8, 4) is 0 Å². The summed E-state index contributed by atoms with van der Waals surface area (Å²) in [7, 11) is -3.92. The summed E-state index contributed by atoms with van der Waals surface area (Å²) in [6.07, 6.45) is 6.28. The second kappa shape index (κ2) is 13.6. The number of anilines is 1. The number of hydrogen-bond donors (Lipinski definition) is 1. The van der Waals surface area contributed by atoms with Crippen LogP contribution < -0.4 is 9.62 Å². The van der Waals surface area contributed by atoms with Gasteiger partial charge in [0.15, 0.2) is 5.78 Å². The highest BCUT2D eigenvalue weighted by Crippen LogP contribution is 2.26. The molecule has 212 valence electrons. The van der Waals surface area contributed by atoms with Crippen LogP contribution in [0.5, 0.6) is 0 Å². The highest BCUT2D eigenvalue weighted by Gasteiger charge is 2.33. The van der Waals surface area contributed by atoms with Crippen LogP contribution in [-0.2, 0) is 26.2 Å². The van der Waals surface area contributed by atoms with Gasteiger partial charge in [-0.3, -0.25) is 18.7 Å². The molecule has 0 spiro atoms. The Morgan fingerprint density at radius 3 is 2.33 bits per heavy atom. The zero-order valence-electron chi connectivity index (χ0n) is 22.5. The van der Waals surface area contributed by atoms with Gasteiger partial charge in [-0.05, 0) is 56.0 Å². The van der Waals surface area contributed by atoms with Crippen molar-refractivity contribution in [2.75, 3.05) is 17.1 Å². The van der Waals surface area contributed by atoms with Crippen LogP contribution in [-0.4, -0.2) is 55.8 Å². The van der Waals surface area contributed by atoms with Gasteiger partial charge in [0.2, 0.25) is 21.8 Å². The number of hydrogen-bond acceptors (Lipinski definition) is 5. The van der Waals surface area contributed by atoms with E-state index in [0.29, 0.717) is 27.6 Å². The number of nitrogens with zero attached hydrogens (tertiary/aromatic N) is 2. The number of rotatable bonds is 11. The van der Waals surface area contributed by atoms with E-state index in [2.05, 4.69) is 5.32 Å². The summed E-state index contributed by atoms with van der Waals surface area (Å²) in [5, 5.41) is 3.85. The van der Waals surface area contributed by atoms with Crippen LogP contribution in [0.25, 0.3) is 0 Å². The molecule has 0 aliphatic heterocycles. The van der Waals surface area contributed by atoms with E-state index in [1.54, 1.807) is 37.3 Å². The van der Waals surface area contributed by atoms with Crippen molar-refractivity contribution in [2.45, 2.75) is 71.0 Å². The summed E-state index contributed by atoms with van der Waals surface area (Å²) in [4.78, 5) is 40.6. The van der Waals surface area contributed by atoms with Crippen LogP contribution in [0, 0.1) is 0 Å². The SMILES string of the molecule is CC[C@H](C(=O)NC1CCCCC1)N(Cc1ccc(Cl)cc1Cl)C(=O)CN(c1cccc(C(C)=O)c1)S(C)(=O)=O. The highest BCUT2D eigenvalue weighted by atomic mass is 35.5. The van der Waals surface area contributed by atoms with Crippen LogP contribution in [0.2, 0.25) is 10.0 Å². The van der Waals surface area contributed by atoms with Gasteiger partial charge in [-0.2, -0.15) is 0 Å². The van der Waals surface area contributed by atoms with Gasteiger partial charge in [0.25, 0.3) is 0 Å². The standard InChI is InChI=1S/C28H35Cl2N3O5S/c1-4-26(28(36)31-23-10-6-5-7-11-23)32(17-21-13-14-22(29)16-25(21)30)27(35)18-33(39(3,37)38)24-12-8-9-20(15-24)19(2)34/h8-9,12-16,23,26H,4-7,10-11,17-18H2,1-3H3,(H,31,36)/t26-/m1/s1. The van der Waals surface area contributed by atoms with E-state index < -0.39 is 28.5 Å². The molecule has 0 heterocycles. The molecule has 2 aromatic carbocycles. The molecule has 8 nitrogen and oxygen atoms in total. The van der Waals surface area contributed by atoms with Crippen molar-refractivity contribution in [1.82, 2.24) is 10.2 Å². The number of carbonyl (C=O) groups excluding carboxylic acids is 3. The fraction of sp³-hybridized carbons (Fsp3) is 0.464. The van der Waals surface area contributed by atoms with Gasteiger partial charge >= 0.3 is 0 Å². The largest absolute Gasteiger partial charge is 0.352 e. The second-order valence-corrected chi connectivity index (χ2v) is 12.7. The third-order valence-electron chi connectivity index (χ3n) is 6.91. The first kappa shape index (κ1) is 30.9.